The van der Waals surface area contributed by atoms with Crippen molar-refractivity contribution < 1.29 is 0 Å². The zero-order valence-electron chi connectivity index (χ0n) is 14.3. The van der Waals surface area contributed by atoms with Crippen molar-refractivity contribution in [3.05, 3.63) is 0 Å². The number of hydrogen-bond acceptors (Lipinski definition) is 4. The van der Waals surface area contributed by atoms with E-state index in [0.717, 1.165) is 26.1 Å². The maximum atomic E-state index is 9.79. The zero-order valence-corrected chi connectivity index (χ0v) is 14.3. The zero-order chi connectivity index (χ0) is 15.5. The standard InChI is InChI=1S/C17H32N4/c1-5-11-19-17(12-18,15-7-8-15)14-21(4)13-16(20(2)3)9-6-10-16/h15,19H,5-11,13-14H2,1-4H3. The molecule has 1 N–H and O–H groups in total. The number of nitrogens with one attached hydrogen (secondary N) is 1. The lowest BCUT2D eigenvalue weighted by molar-refractivity contribution is 0.0219. The molecule has 0 aliphatic heterocycles. The lowest BCUT2D eigenvalue weighted by atomic mass is 9.75. The molecule has 0 heterocycles. The molecule has 0 aromatic carbocycles. The highest BCUT2D eigenvalue weighted by Gasteiger charge is 2.47. The van der Waals surface area contributed by atoms with E-state index in [0.29, 0.717) is 11.5 Å². The summed E-state index contributed by atoms with van der Waals surface area (Å²) in [7, 11) is 6.58. The van der Waals surface area contributed by atoms with Crippen LogP contribution >= 0.6 is 0 Å². The summed E-state index contributed by atoms with van der Waals surface area (Å²) in [5, 5.41) is 13.4. The minimum Gasteiger partial charge on any atom is -0.302 e. The summed E-state index contributed by atoms with van der Waals surface area (Å²) in [5.41, 5.74) is 0.00621. The Labute approximate surface area is 130 Å². The van der Waals surface area contributed by atoms with Crippen LogP contribution in [0, 0.1) is 17.2 Å². The van der Waals surface area contributed by atoms with Crippen molar-refractivity contribution in [2.45, 2.75) is 56.5 Å². The van der Waals surface area contributed by atoms with Crippen LogP contribution < -0.4 is 5.32 Å². The minimum absolute atomic E-state index is 0.331. The molecule has 120 valence electrons. The Hall–Kier alpha value is -0.630. The highest BCUT2D eigenvalue weighted by molar-refractivity contribution is 5.17. The molecule has 0 bridgehead atoms. The maximum Gasteiger partial charge on any atom is 0.122 e. The Morgan fingerprint density at radius 3 is 2.33 bits per heavy atom. The van der Waals surface area contributed by atoms with E-state index in [9.17, 15) is 5.26 Å². The number of nitriles is 1. The second kappa shape index (κ2) is 6.64. The fourth-order valence-corrected chi connectivity index (χ4v) is 3.74. The molecular weight excluding hydrogens is 260 g/mol. The van der Waals surface area contributed by atoms with Gasteiger partial charge in [0, 0.05) is 18.6 Å². The molecule has 1 unspecified atom stereocenters. The van der Waals surface area contributed by atoms with E-state index >= 15 is 0 Å². The van der Waals surface area contributed by atoms with E-state index in [2.05, 4.69) is 49.3 Å². The molecule has 2 saturated carbocycles. The first-order chi connectivity index (χ1) is 9.98. The van der Waals surface area contributed by atoms with E-state index < -0.39 is 0 Å². The average molecular weight is 292 g/mol. The first kappa shape index (κ1) is 16.7. The first-order valence-electron chi connectivity index (χ1n) is 8.50. The predicted molar refractivity (Wildman–Crippen MR) is 87.1 cm³/mol. The van der Waals surface area contributed by atoms with E-state index in [1.165, 1.54) is 32.1 Å². The summed E-state index contributed by atoms with van der Waals surface area (Å²) in [6, 6.07) is 2.63. The van der Waals surface area contributed by atoms with Crippen LogP contribution in [0.4, 0.5) is 0 Å². The monoisotopic (exact) mass is 292 g/mol. The second-order valence-corrected chi connectivity index (χ2v) is 7.43. The van der Waals surface area contributed by atoms with Crippen LogP contribution in [0.15, 0.2) is 0 Å². The molecule has 4 heteroatoms. The molecule has 21 heavy (non-hydrogen) atoms. The molecule has 0 radical (unpaired) electrons. The summed E-state index contributed by atoms with van der Waals surface area (Å²) in [6.07, 6.45) is 7.41. The smallest absolute Gasteiger partial charge is 0.122 e. The molecule has 0 aromatic rings. The molecule has 4 nitrogen and oxygen atoms in total. The minimum atomic E-state index is -0.331. The molecular formula is C17H32N4. The van der Waals surface area contributed by atoms with Gasteiger partial charge < -0.3 is 9.80 Å². The Morgan fingerprint density at radius 1 is 1.29 bits per heavy atom. The Balaban J connectivity index is 1.98. The van der Waals surface area contributed by atoms with Crippen molar-refractivity contribution in [3.63, 3.8) is 0 Å². The van der Waals surface area contributed by atoms with Gasteiger partial charge in [0.25, 0.3) is 0 Å². The highest BCUT2D eigenvalue weighted by Crippen LogP contribution is 2.41. The van der Waals surface area contributed by atoms with E-state index in [4.69, 9.17) is 0 Å². The van der Waals surface area contributed by atoms with Crippen molar-refractivity contribution >= 4 is 0 Å². The Morgan fingerprint density at radius 2 is 1.95 bits per heavy atom. The maximum absolute atomic E-state index is 9.79. The lowest BCUT2D eigenvalue weighted by Gasteiger charge is -2.50. The van der Waals surface area contributed by atoms with E-state index in [1.807, 2.05) is 0 Å². The largest absolute Gasteiger partial charge is 0.302 e. The van der Waals surface area contributed by atoms with Gasteiger partial charge >= 0.3 is 0 Å². The topological polar surface area (TPSA) is 42.3 Å². The molecule has 2 fully saturated rings. The van der Waals surface area contributed by atoms with Crippen LogP contribution in [0.1, 0.15) is 45.4 Å². The molecule has 2 rings (SSSR count). The second-order valence-electron chi connectivity index (χ2n) is 7.43. The molecule has 0 spiro atoms. The fraction of sp³-hybridized carbons (Fsp3) is 0.941. The van der Waals surface area contributed by atoms with E-state index in [-0.39, 0.29) is 5.54 Å². The van der Waals surface area contributed by atoms with Crippen molar-refractivity contribution in [2.24, 2.45) is 5.92 Å². The van der Waals surface area contributed by atoms with Crippen molar-refractivity contribution in [1.29, 1.82) is 5.26 Å². The van der Waals surface area contributed by atoms with Crippen molar-refractivity contribution in [2.75, 3.05) is 40.8 Å². The van der Waals surface area contributed by atoms with E-state index in [1.54, 1.807) is 0 Å². The van der Waals surface area contributed by atoms with Crippen LogP contribution in [0.25, 0.3) is 0 Å². The summed E-state index contributed by atoms with van der Waals surface area (Å²) >= 11 is 0. The number of hydrogen-bond donors (Lipinski definition) is 1. The van der Waals surface area contributed by atoms with Crippen molar-refractivity contribution in [3.8, 4) is 6.07 Å². The van der Waals surface area contributed by atoms with Gasteiger partial charge in [-0.1, -0.05) is 6.92 Å². The third-order valence-electron chi connectivity index (χ3n) is 5.48. The van der Waals surface area contributed by atoms with Gasteiger partial charge in [-0.05, 0) is 72.1 Å². The van der Waals surface area contributed by atoms with Gasteiger partial charge in [0.1, 0.15) is 5.54 Å². The SMILES string of the molecule is CCCNC(C#N)(CN(C)CC1(N(C)C)CCC1)C1CC1. The van der Waals surface area contributed by atoms with Crippen LogP contribution in [0.5, 0.6) is 0 Å². The Bertz CT molecular complexity index is 379. The van der Waals surface area contributed by atoms with Crippen LogP contribution in [0.3, 0.4) is 0 Å². The predicted octanol–water partition coefficient (Wildman–Crippen LogP) is 2.07. The number of nitrogens with zero attached hydrogens (tertiary/aromatic N) is 3. The number of rotatable bonds is 9. The summed E-state index contributed by atoms with van der Waals surface area (Å²) in [4.78, 5) is 4.78. The normalized spacial score (nSPS) is 23.7. The summed E-state index contributed by atoms with van der Waals surface area (Å²) in [6.45, 7) is 5.03. The third-order valence-corrected chi connectivity index (χ3v) is 5.48. The van der Waals surface area contributed by atoms with Gasteiger partial charge in [-0.25, -0.2) is 0 Å². The molecule has 0 aromatic heterocycles. The van der Waals surface area contributed by atoms with Gasteiger partial charge in [0.2, 0.25) is 0 Å². The molecule has 1 atom stereocenters. The molecule has 0 amide bonds. The van der Waals surface area contributed by atoms with Gasteiger partial charge in [-0.3, -0.25) is 5.32 Å². The molecule has 2 aliphatic carbocycles. The first-order valence-corrected chi connectivity index (χ1v) is 8.50. The van der Waals surface area contributed by atoms with Crippen LogP contribution in [-0.2, 0) is 0 Å². The third kappa shape index (κ3) is 3.59. The molecule has 2 aliphatic rings. The molecule has 0 saturated heterocycles. The number of likely N-dealkylation sites (N-methyl/N-ethyl adjacent to an activating group) is 2. The fourth-order valence-electron chi connectivity index (χ4n) is 3.74. The van der Waals surface area contributed by atoms with Gasteiger partial charge in [0.05, 0.1) is 6.07 Å². The average Bonchev–Trinajstić information content (AvgIpc) is 3.23. The summed E-state index contributed by atoms with van der Waals surface area (Å²) < 4.78 is 0. The lowest BCUT2D eigenvalue weighted by Crippen LogP contribution is -2.60. The van der Waals surface area contributed by atoms with Crippen LogP contribution in [-0.4, -0.2) is 61.7 Å². The van der Waals surface area contributed by atoms with Crippen LogP contribution in [0.2, 0.25) is 0 Å². The van der Waals surface area contributed by atoms with Gasteiger partial charge in [-0.15, -0.1) is 0 Å². The van der Waals surface area contributed by atoms with Crippen molar-refractivity contribution in [1.82, 2.24) is 15.1 Å². The summed E-state index contributed by atoms with van der Waals surface area (Å²) in [5.74, 6) is 0.549. The Kier molecular flexibility index (Phi) is 5.29. The van der Waals surface area contributed by atoms with Gasteiger partial charge in [-0.2, -0.15) is 5.26 Å². The highest BCUT2D eigenvalue weighted by atomic mass is 15.2. The van der Waals surface area contributed by atoms with Gasteiger partial charge in [0.15, 0.2) is 0 Å². The quantitative estimate of drug-likeness (QED) is 0.706.